The number of carbonyl (C=O) groups excluding carboxylic acids is 2. The molecule has 1 N–H and O–H groups in total. The van der Waals surface area contributed by atoms with Gasteiger partial charge in [-0.15, -0.1) is 23.2 Å². The van der Waals surface area contributed by atoms with E-state index in [9.17, 15) is 9.59 Å². The molecule has 0 bridgehead atoms. The minimum atomic E-state index is -0.338. The SMILES string of the molecule is CCOC(=O)CCO.CCOC(C)=O.ClCCl. The summed E-state index contributed by atoms with van der Waals surface area (Å²) in [6.07, 6.45) is 0.105. The van der Waals surface area contributed by atoms with Crippen LogP contribution in [0, 0.1) is 0 Å². The highest BCUT2D eigenvalue weighted by molar-refractivity contribution is 6.40. The molecule has 0 aliphatic heterocycles. The van der Waals surface area contributed by atoms with Gasteiger partial charge in [0.1, 0.15) is 0 Å². The number of carbonyl (C=O) groups is 2. The highest BCUT2D eigenvalue weighted by Gasteiger charge is 1.96. The molecule has 0 aliphatic rings. The molecule has 0 unspecified atom stereocenters. The van der Waals surface area contributed by atoms with Crippen LogP contribution < -0.4 is 0 Å². The first-order chi connectivity index (χ1) is 7.99. The van der Waals surface area contributed by atoms with Gasteiger partial charge < -0.3 is 14.6 Å². The maximum atomic E-state index is 10.3. The summed E-state index contributed by atoms with van der Waals surface area (Å²) in [6.45, 7) is 5.65. The average molecular weight is 291 g/mol. The van der Waals surface area contributed by atoms with Crippen LogP contribution in [0.1, 0.15) is 27.2 Å². The third-order valence-corrected chi connectivity index (χ3v) is 0.969. The molecular formula is C10H20Cl2O5. The highest BCUT2D eigenvalue weighted by Crippen LogP contribution is 1.82. The van der Waals surface area contributed by atoms with Gasteiger partial charge in [0.2, 0.25) is 0 Å². The van der Waals surface area contributed by atoms with Gasteiger partial charge in [-0.1, -0.05) is 0 Å². The zero-order valence-corrected chi connectivity index (χ0v) is 11.9. The number of ether oxygens (including phenoxy) is 2. The van der Waals surface area contributed by atoms with Crippen LogP contribution in [0.25, 0.3) is 0 Å². The van der Waals surface area contributed by atoms with Crippen molar-refractivity contribution in [2.45, 2.75) is 27.2 Å². The number of alkyl halides is 2. The van der Waals surface area contributed by atoms with Crippen LogP contribution in [-0.2, 0) is 19.1 Å². The summed E-state index contributed by atoms with van der Waals surface area (Å²) in [5, 5.41) is 8.36. The number of halogens is 2. The third-order valence-electron chi connectivity index (χ3n) is 0.969. The molecule has 5 nitrogen and oxygen atoms in total. The predicted molar refractivity (Wildman–Crippen MR) is 67.2 cm³/mol. The molecule has 0 spiro atoms. The molecule has 0 heterocycles. The summed E-state index contributed by atoms with van der Waals surface area (Å²) in [4.78, 5) is 20.1. The zero-order valence-electron chi connectivity index (χ0n) is 10.4. The van der Waals surface area contributed by atoms with Crippen LogP contribution in [0.3, 0.4) is 0 Å². The third kappa shape index (κ3) is 39.1. The van der Waals surface area contributed by atoms with Crippen molar-refractivity contribution in [1.29, 1.82) is 0 Å². The zero-order chi connectivity index (χ0) is 14.1. The number of rotatable bonds is 4. The topological polar surface area (TPSA) is 72.8 Å². The van der Waals surface area contributed by atoms with Crippen molar-refractivity contribution in [2.24, 2.45) is 0 Å². The van der Waals surface area contributed by atoms with E-state index < -0.39 is 0 Å². The molecule has 0 aromatic heterocycles. The largest absolute Gasteiger partial charge is 0.466 e. The Kier molecular flexibility index (Phi) is 26.6. The van der Waals surface area contributed by atoms with Crippen molar-refractivity contribution in [3.05, 3.63) is 0 Å². The number of hydrogen-bond donors (Lipinski definition) is 1. The Labute approximate surface area is 112 Å². The number of hydrogen-bond acceptors (Lipinski definition) is 5. The van der Waals surface area contributed by atoms with Crippen molar-refractivity contribution in [3.63, 3.8) is 0 Å². The number of aliphatic hydroxyl groups is 1. The highest BCUT2D eigenvalue weighted by atomic mass is 35.5. The summed E-state index contributed by atoms with van der Waals surface area (Å²) in [5.74, 6) is -0.549. The monoisotopic (exact) mass is 290 g/mol. The number of esters is 2. The minimum Gasteiger partial charge on any atom is -0.466 e. The molecule has 0 radical (unpaired) electrons. The van der Waals surface area contributed by atoms with E-state index in [1.54, 1.807) is 13.8 Å². The molecular weight excluding hydrogens is 271 g/mol. The first-order valence-corrected chi connectivity index (χ1v) is 6.08. The fourth-order valence-corrected chi connectivity index (χ4v) is 0.528. The van der Waals surface area contributed by atoms with Crippen molar-refractivity contribution in [3.8, 4) is 0 Å². The Balaban J connectivity index is -0.000000193. The Hall–Kier alpha value is -0.520. The van der Waals surface area contributed by atoms with Crippen LogP contribution in [-0.4, -0.2) is 42.2 Å². The van der Waals surface area contributed by atoms with Gasteiger partial charge in [-0.3, -0.25) is 9.59 Å². The molecule has 0 saturated heterocycles. The summed E-state index contributed by atoms with van der Waals surface area (Å²) in [7, 11) is 0. The molecule has 0 aromatic carbocycles. The summed E-state index contributed by atoms with van der Waals surface area (Å²) in [5.41, 5.74) is 0. The van der Waals surface area contributed by atoms with E-state index in [0.29, 0.717) is 13.2 Å². The maximum absolute atomic E-state index is 10.3. The Bertz CT molecular complexity index is 168. The lowest BCUT2D eigenvalue weighted by atomic mass is 10.5. The molecule has 0 rings (SSSR count). The van der Waals surface area contributed by atoms with Crippen LogP contribution in [0.15, 0.2) is 0 Å². The molecule has 104 valence electrons. The second kappa shape index (κ2) is 20.8. The predicted octanol–water partition coefficient (Wildman–Crippen LogP) is 1.92. The van der Waals surface area contributed by atoms with Gasteiger partial charge in [-0.05, 0) is 13.8 Å². The van der Waals surface area contributed by atoms with Crippen molar-refractivity contribution in [1.82, 2.24) is 0 Å². The van der Waals surface area contributed by atoms with E-state index in [4.69, 9.17) is 28.3 Å². The minimum absolute atomic E-state index is 0.105. The van der Waals surface area contributed by atoms with Gasteiger partial charge >= 0.3 is 11.9 Å². The smallest absolute Gasteiger partial charge is 0.308 e. The molecule has 0 aromatic rings. The second-order valence-corrected chi connectivity index (χ2v) is 3.11. The van der Waals surface area contributed by atoms with Crippen LogP contribution >= 0.6 is 23.2 Å². The van der Waals surface area contributed by atoms with Crippen LogP contribution in [0.5, 0.6) is 0 Å². The fourth-order valence-electron chi connectivity index (χ4n) is 0.528. The van der Waals surface area contributed by atoms with Crippen LogP contribution in [0.2, 0.25) is 0 Å². The van der Waals surface area contributed by atoms with Gasteiger partial charge in [-0.2, -0.15) is 0 Å². The van der Waals surface area contributed by atoms with Crippen molar-refractivity contribution < 1.29 is 24.2 Å². The molecule has 17 heavy (non-hydrogen) atoms. The number of aliphatic hydroxyl groups excluding tert-OH is 1. The van der Waals surface area contributed by atoms with Gasteiger partial charge in [-0.25, -0.2) is 0 Å². The van der Waals surface area contributed by atoms with Gasteiger partial charge in [0.25, 0.3) is 0 Å². The van der Waals surface area contributed by atoms with E-state index in [0.717, 1.165) is 0 Å². The van der Waals surface area contributed by atoms with E-state index in [1.165, 1.54) is 6.92 Å². The van der Waals surface area contributed by atoms with Gasteiger partial charge in [0.15, 0.2) is 0 Å². The first-order valence-electron chi connectivity index (χ1n) is 5.01. The molecule has 7 heteroatoms. The lowest BCUT2D eigenvalue weighted by molar-refractivity contribution is -0.144. The van der Waals surface area contributed by atoms with Crippen LogP contribution in [0.4, 0.5) is 0 Å². The lowest BCUT2D eigenvalue weighted by Gasteiger charge is -1.96. The molecule has 0 amide bonds. The Morgan fingerprint density at radius 3 is 1.71 bits per heavy atom. The van der Waals surface area contributed by atoms with E-state index >= 15 is 0 Å². The standard InChI is InChI=1S/C5H10O3.C4H8O2.CH2Cl2/c1-2-8-5(7)3-4-6;1-3-6-4(2)5;2-1-3/h6H,2-4H2,1H3;3H2,1-2H3;1H2. The normalized spacial score (nSPS) is 7.88. The van der Waals surface area contributed by atoms with E-state index in [2.05, 4.69) is 9.47 Å². The lowest BCUT2D eigenvalue weighted by Crippen LogP contribution is -2.05. The Morgan fingerprint density at radius 1 is 1.12 bits per heavy atom. The Morgan fingerprint density at radius 2 is 1.53 bits per heavy atom. The maximum Gasteiger partial charge on any atom is 0.308 e. The molecule has 0 atom stereocenters. The quantitative estimate of drug-likeness (QED) is 0.633. The fraction of sp³-hybridized carbons (Fsp3) is 0.800. The summed E-state index contributed by atoms with van der Waals surface area (Å²) in [6, 6.07) is 0. The van der Waals surface area contributed by atoms with Crippen molar-refractivity contribution >= 4 is 35.1 Å². The average Bonchev–Trinajstić information content (AvgIpc) is 2.20. The van der Waals surface area contributed by atoms with Gasteiger partial charge in [0.05, 0.1) is 31.6 Å². The molecule has 0 aliphatic carbocycles. The first kappa shape index (κ1) is 21.7. The molecule has 0 saturated carbocycles. The molecule has 0 fully saturated rings. The van der Waals surface area contributed by atoms with E-state index in [1.807, 2.05) is 0 Å². The second-order valence-electron chi connectivity index (χ2n) is 2.30. The van der Waals surface area contributed by atoms with Gasteiger partial charge in [0, 0.05) is 6.92 Å². The summed E-state index contributed by atoms with van der Waals surface area (Å²) >= 11 is 9.53. The van der Waals surface area contributed by atoms with Crippen molar-refractivity contribution in [2.75, 3.05) is 25.2 Å². The van der Waals surface area contributed by atoms with E-state index in [-0.39, 0.29) is 30.3 Å². The summed E-state index contributed by atoms with van der Waals surface area (Å²) < 4.78 is 8.89.